The molecule has 1 heterocycles. The number of amides is 1. The molecule has 1 amide bonds. The highest BCUT2D eigenvalue weighted by atomic mass is 19.4. The summed E-state index contributed by atoms with van der Waals surface area (Å²) in [6, 6.07) is 12.6. The van der Waals surface area contributed by atoms with Gasteiger partial charge in [0, 0.05) is 17.3 Å². The van der Waals surface area contributed by atoms with E-state index in [4.69, 9.17) is 4.42 Å². The number of rotatable bonds is 4. The van der Waals surface area contributed by atoms with E-state index in [0.717, 1.165) is 30.3 Å². The van der Waals surface area contributed by atoms with Crippen LogP contribution in [0.15, 0.2) is 70.7 Å². The zero-order chi connectivity index (χ0) is 23.5. The van der Waals surface area contributed by atoms with E-state index in [9.17, 15) is 36.4 Å². The fourth-order valence-electron chi connectivity index (χ4n) is 2.70. The molecule has 32 heavy (non-hydrogen) atoms. The Kier molecular flexibility index (Phi) is 6.11. The first-order chi connectivity index (χ1) is 15.0. The van der Waals surface area contributed by atoms with Gasteiger partial charge in [0.25, 0.3) is 5.91 Å². The van der Waals surface area contributed by atoms with E-state index in [0.29, 0.717) is 6.07 Å². The van der Waals surface area contributed by atoms with Crippen molar-refractivity contribution < 1.29 is 35.6 Å². The van der Waals surface area contributed by atoms with Crippen LogP contribution in [0.25, 0.3) is 17.4 Å². The molecule has 0 saturated carbocycles. The van der Waals surface area contributed by atoms with Crippen LogP contribution in [0.1, 0.15) is 16.9 Å². The highest BCUT2D eigenvalue weighted by Gasteiger charge is 2.31. The Labute approximate surface area is 177 Å². The van der Waals surface area contributed by atoms with Gasteiger partial charge in [-0.1, -0.05) is 18.2 Å². The Bertz CT molecular complexity index is 1220. The van der Waals surface area contributed by atoms with Gasteiger partial charge in [0.15, 0.2) is 0 Å². The number of carbonyl (C=O) groups is 1. The summed E-state index contributed by atoms with van der Waals surface area (Å²) in [5, 5.41) is 11.4. The second-order valence-electron chi connectivity index (χ2n) is 6.48. The highest BCUT2D eigenvalue weighted by Crippen LogP contribution is 2.33. The number of nitrogens with one attached hydrogen (secondary N) is 1. The molecule has 0 bridgehead atoms. The summed E-state index contributed by atoms with van der Waals surface area (Å²) >= 11 is 0. The van der Waals surface area contributed by atoms with Crippen LogP contribution >= 0.6 is 0 Å². The van der Waals surface area contributed by atoms with Crippen molar-refractivity contribution in [2.24, 2.45) is 0 Å². The molecule has 3 rings (SSSR count). The molecule has 2 aromatic carbocycles. The summed E-state index contributed by atoms with van der Waals surface area (Å²) in [4.78, 5) is 12.3. The lowest BCUT2D eigenvalue weighted by atomic mass is 10.1. The number of anilines is 1. The molecule has 10 heteroatoms. The van der Waals surface area contributed by atoms with Gasteiger partial charge < -0.3 is 9.73 Å². The van der Waals surface area contributed by atoms with Gasteiger partial charge in [-0.2, -0.15) is 31.6 Å². The predicted molar refractivity (Wildman–Crippen MR) is 103 cm³/mol. The van der Waals surface area contributed by atoms with Gasteiger partial charge in [-0.25, -0.2) is 0 Å². The smallest absolute Gasteiger partial charge is 0.416 e. The topological polar surface area (TPSA) is 66.0 Å². The largest absolute Gasteiger partial charge is 0.457 e. The number of hydrogen-bond acceptors (Lipinski definition) is 3. The van der Waals surface area contributed by atoms with Gasteiger partial charge in [-0.15, -0.1) is 0 Å². The average molecular weight is 450 g/mol. The zero-order valence-corrected chi connectivity index (χ0v) is 15.9. The molecule has 0 aliphatic heterocycles. The number of furan rings is 1. The van der Waals surface area contributed by atoms with Gasteiger partial charge in [0.05, 0.1) is 11.1 Å². The van der Waals surface area contributed by atoms with Crippen LogP contribution in [0, 0.1) is 11.3 Å². The number of halogens is 6. The van der Waals surface area contributed by atoms with Crippen LogP contribution in [0.4, 0.5) is 32.0 Å². The molecule has 1 N–H and O–H groups in total. The van der Waals surface area contributed by atoms with Crippen molar-refractivity contribution in [2.75, 3.05) is 5.32 Å². The normalized spacial score (nSPS) is 12.3. The molecule has 0 aliphatic rings. The van der Waals surface area contributed by atoms with Crippen molar-refractivity contribution in [3.8, 4) is 17.4 Å². The molecule has 164 valence electrons. The molecule has 3 aromatic rings. The first-order valence-electron chi connectivity index (χ1n) is 8.85. The van der Waals surface area contributed by atoms with Crippen LogP contribution in [0.5, 0.6) is 0 Å². The lowest BCUT2D eigenvalue weighted by molar-refractivity contribution is -0.138. The minimum absolute atomic E-state index is 0.00634. The Balaban J connectivity index is 1.82. The number of nitriles is 1. The Morgan fingerprint density at radius 2 is 1.53 bits per heavy atom. The highest BCUT2D eigenvalue weighted by molar-refractivity contribution is 6.09. The standard InChI is InChI=1S/C22H12F6N2O2/c23-21(24,25)15-4-1-3-13(9-15)19-8-7-18(32-19)10-14(12-29)20(31)30-17-6-2-5-16(11-17)22(26,27)28/h1-11H,(H,30,31)/b14-10+. The van der Waals surface area contributed by atoms with Crippen molar-refractivity contribution in [1.29, 1.82) is 5.26 Å². The quantitative estimate of drug-likeness (QED) is 0.279. The fraction of sp³-hybridized carbons (Fsp3) is 0.0909. The van der Waals surface area contributed by atoms with Gasteiger partial charge in [-0.3, -0.25) is 4.79 Å². The minimum atomic E-state index is -4.61. The molecule has 0 atom stereocenters. The Morgan fingerprint density at radius 1 is 0.906 bits per heavy atom. The third kappa shape index (κ3) is 5.37. The van der Waals surface area contributed by atoms with Gasteiger partial charge in [-0.05, 0) is 42.5 Å². The number of nitrogens with zero attached hydrogens (tertiary/aromatic N) is 1. The van der Waals surface area contributed by atoms with Gasteiger partial charge in [0.2, 0.25) is 0 Å². The lowest BCUT2D eigenvalue weighted by Gasteiger charge is -2.09. The van der Waals surface area contributed by atoms with E-state index in [1.165, 1.54) is 30.3 Å². The monoisotopic (exact) mass is 450 g/mol. The summed E-state index contributed by atoms with van der Waals surface area (Å²) in [6.45, 7) is 0. The molecule has 1 aromatic heterocycles. The third-order valence-corrected chi connectivity index (χ3v) is 4.20. The zero-order valence-electron chi connectivity index (χ0n) is 15.9. The van der Waals surface area contributed by atoms with E-state index in [1.807, 2.05) is 0 Å². The molecular formula is C22H12F6N2O2. The summed E-state index contributed by atoms with van der Waals surface area (Å²) in [7, 11) is 0. The lowest BCUT2D eigenvalue weighted by Crippen LogP contribution is -2.14. The number of hydrogen-bond donors (Lipinski definition) is 1. The van der Waals surface area contributed by atoms with Crippen LogP contribution in [-0.2, 0) is 17.1 Å². The molecular weight excluding hydrogens is 438 g/mol. The molecule has 0 radical (unpaired) electrons. The molecule has 0 fully saturated rings. The Morgan fingerprint density at radius 3 is 2.16 bits per heavy atom. The van der Waals surface area contributed by atoms with E-state index >= 15 is 0 Å². The first kappa shape index (κ1) is 22.7. The fourth-order valence-corrected chi connectivity index (χ4v) is 2.70. The summed E-state index contributed by atoms with van der Waals surface area (Å²) in [5.74, 6) is -0.921. The van der Waals surface area contributed by atoms with Gasteiger partial charge in [0.1, 0.15) is 23.2 Å². The summed E-state index contributed by atoms with van der Waals surface area (Å²) in [6.07, 6.45) is -8.12. The minimum Gasteiger partial charge on any atom is -0.457 e. The first-order valence-corrected chi connectivity index (χ1v) is 8.85. The summed E-state index contributed by atoms with van der Waals surface area (Å²) < 4.78 is 82.5. The molecule has 4 nitrogen and oxygen atoms in total. The van der Waals surface area contributed by atoms with Crippen molar-refractivity contribution >= 4 is 17.7 Å². The van der Waals surface area contributed by atoms with Crippen LogP contribution in [0.3, 0.4) is 0 Å². The maximum atomic E-state index is 12.9. The molecule has 0 unspecified atom stereocenters. The maximum Gasteiger partial charge on any atom is 0.416 e. The number of alkyl halides is 6. The second-order valence-corrected chi connectivity index (χ2v) is 6.48. The Hall–Kier alpha value is -4.00. The number of benzene rings is 2. The van der Waals surface area contributed by atoms with Crippen molar-refractivity contribution in [3.63, 3.8) is 0 Å². The predicted octanol–water partition coefficient (Wildman–Crippen LogP) is 6.53. The third-order valence-electron chi connectivity index (χ3n) is 4.20. The molecule has 0 spiro atoms. The van der Waals surface area contributed by atoms with E-state index in [2.05, 4.69) is 5.32 Å². The van der Waals surface area contributed by atoms with Crippen LogP contribution < -0.4 is 5.32 Å². The number of carbonyl (C=O) groups excluding carboxylic acids is 1. The van der Waals surface area contributed by atoms with Crippen LogP contribution in [-0.4, -0.2) is 5.91 Å². The molecule has 0 saturated heterocycles. The maximum absolute atomic E-state index is 12.9. The van der Waals surface area contributed by atoms with E-state index in [1.54, 1.807) is 6.07 Å². The van der Waals surface area contributed by atoms with Gasteiger partial charge >= 0.3 is 12.4 Å². The van der Waals surface area contributed by atoms with Crippen molar-refractivity contribution in [3.05, 3.63) is 83.1 Å². The summed E-state index contributed by atoms with van der Waals surface area (Å²) in [5.41, 5.74) is -2.37. The second kappa shape index (κ2) is 8.63. The SMILES string of the molecule is N#C/C(=C\c1ccc(-c2cccc(C(F)(F)F)c2)o1)C(=O)Nc1cccc(C(F)(F)F)c1. The van der Waals surface area contributed by atoms with Crippen molar-refractivity contribution in [1.82, 2.24) is 0 Å². The van der Waals surface area contributed by atoms with Crippen LogP contribution in [0.2, 0.25) is 0 Å². The van der Waals surface area contributed by atoms with Crippen molar-refractivity contribution in [2.45, 2.75) is 12.4 Å². The van der Waals surface area contributed by atoms with E-state index in [-0.39, 0.29) is 22.8 Å². The molecule has 0 aliphatic carbocycles. The average Bonchev–Trinajstić information content (AvgIpc) is 3.20. The van der Waals surface area contributed by atoms with E-state index < -0.39 is 35.0 Å².